The van der Waals surface area contributed by atoms with E-state index in [1.807, 2.05) is 0 Å². The summed E-state index contributed by atoms with van der Waals surface area (Å²) in [6.45, 7) is 0.321. The van der Waals surface area contributed by atoms with Crippen LogP contribution in [-0.4, -0.2) is 18.2 Å². The van der Waals surface area contributed by atoms with Gasteiger partial charge in [-0.05, 0) is 36.4 Å². The van der Waals surface area contributed by atoms with Crippen LogP contribution in [0.5, 0.6) is 0 Å². The van der Waals surface area contributed by atoms with Crippen molar-refractivity contribution in [1.82, 2.24) is 0 Å². The molecule has 4 nitrogen and oxygen atoms in total. The van der Waals surface area contributed by atoms with Gasteiger partial charge in [-0.15, -0.1) is 0 Å². The molecule has 2 aromatic carbocycles. The van der Waals surface area contributed by atoms with E-state index in [9.17, 15) is 4.79 Å². The van der Waals surface area contributed by atoms with Crippen molar-refractivity contribution >= 4 is 28.9 Å². The molecule has 0 fully saturated rings. The van der Waals surface area contributed by atoms with Crippen LogP contribution in [0.1, 0.15) is 22.3 Å². The number of anilines is 1. The van der Waals surface area contributed by atoms with Gasteiger partial charge in [-0.2, -0.15) is 0 Å². The Bertz CT molecular complexity index is 665. The van der Waals surface area contributed by atoms with Gasteiger partial charge in [0.25, 0.3) is 0 Å². The summed E-state index contributed by atoms with van der Waals surface area (Å²) in [6.07, 6.45) is 0.266. The van der Waals surface area contributed by atoms with Gasteiger partial charge < -0.3 is 11.5 Å². The third-order valence-corrected chi connectivity index (χ3v) is 3.27. The number of rotatable bonds is 5. The molecule has 0 aliphatic rings. The number of nitrogens with zero attached hydrogens (tertiary/aromatic N) is 1. The first-order valence-electron chi connectivity index (χ1n) is 6.51. The van der Waals surface area contributed by atoms with E-state index in [1.54, 1.807) is 48.5 Å². The van der Waals surface area contributed by atoms with E-state index in [1.165, 1.54) is 0 Å². The molecule has 2 rings (SSSR count). The molecule has 0 aromatic heterocycles. The second kappa shape index (κ2) is 6.90. The van der Waals surface area contributed by atoms with Crippen LogP contribution in [0.4, 0.5) is 5.69 Å². The predicted molar refractivity (Wildman–Crippen MR) is 86.8 cm³/mol. The minimum absolute atomic E-state index is 0.0410. The first-order chi connectivity index (χ1) is 10.1. The highest BCUT2D eigenvalue weighted by molar-refractivity contribution is 6.30. The van der Waals surface area contributed by atoms with Gasteiger partial charge in [0, 0.05) is 34.8 Å². The fraction of sp³-hybridized carbons (Fsp3) is 0.125. The number of carbonyl (C=O) groups excluding carboxylic acids is 1. The summed E-state index contributed by atoms with van der Waals surface area (Å²) in [4.78, 5) is 16.2. The normalized spacial score (nSPS) is 11.4. The van der Waals surface area contributed by atoms with Crippen molar-refractivity contribution in [3.05, 3.63) is 64.7 Å². The summed E-state index contributed by atoms with van der Waals surface area (Å²) in [6, 6.07) is 14.1. The van der Waals surface area contributed by atoms with Gasteiger partial charge in [-0.25, -0.2) is 0 Å². The largest absolute Gasteiger partial charge is 0.398 e. The van der Waals surface area contributed by atoms with E-state index in [0.717, 1.165) is 5.56 Å². The van der Waals surface area contributed by atoms with Crippen molar-refractivity contribution in [2.45, 2.75) is 6.42 Å². The van der Waals surface area contributed by atoms with Crippen LogP contribution in [0.3, 0.4) is 0 Å². The van der Waals surface area contributed by atoms with Gasteiger partial charge in [-0.3, -0.25) is 9.79 Å². The number of carbonyl (C=O) groups is 1. The summed E-state index contributed by atoms with van der Waals surface area (Å²) < 4.78 is 0. The maximum absolute atomic E-state index is 12.0. The third kappa shape index (κ3) is 4.07. The molecule has 0 heterocycles. The molecule has 2 aromatic rings. The predicted octanol–water partition coefficient (Wildman–Crippen LogP) is 2.90. The Morgan fingerprint density at radius 1 is 1.10 bits per heavy atom. The summed E-state index contributed by atoms with van der Waals surface area (Å²) in [5, 5.41) is 0.640. The molecule has 0 aliphatic heterocycles. The molecule has 0 atom stereocenters. The number of amidine groups is 1. The van der Waals surface area contributed by atoms with Crippen LogP contribution in [0.25, 0.3) is 0 Å². The average molecular weight is 302 g/mol. The van der Waals surface area contributed by atoms with E-state index in [4.69, 9.17) is 23.1 Å². The summed E-state index contributed by atoms with van der Waals surface area (Å²) in [5.74, 6) is 0.348. The van der Waals surface area contributed by atoms with Crippen LogP contribution in [-0.2, 0) is 0 Å². The quantitative estimate of drug-likeness (QED) is 0.385. The second-order valence-corrected chi connectivity index (χ2v) is 4.97. The van der Waals surface area contributed by atoms with Crippen LogP contribution < -0.4 is 11.5 Å². The fourth-order valence-electron chi connectivity index (χ4n) is 1.88. The summed E-state index contributed by atoms with van der Waals surface area (Å²) >= 11 is 5.81. The lowest BCUT2D eigenvalue weighted by atomic mass is 10.1. The molecule has 0 unspecified atom stereocenters. The SMILES string of the molecule is NC(=NCCC(=O)c1ccccc1N)c1ccc(Cl)cc1. The molecular weight excluding hydrogens is 286 g/mol. The molecule has 0 bridgehead atoms. The number of hydrogen-bond donors (Lipinski definition) is 2. The van der Waals surface area contributed by atoms with Crippen LogP contribution >= 0.6 is 11.6 Å². The van der Waals surface area contributed by atoms with Crippen molar-refractivity contribution in [3.63, 3.8) is 0 Å². The molecule has 4 N–H and O–H groups in total. The van der Waals surface area contributed by atoms with Crippen molar-refractivity contribution in [1.29, 1.82) is 0 Å². The van der Waals surface area contributed by atoms with Crippen LogP contribution in [0, 0.1) is 0 Å². The van der Waals surface area contributed by atoms with E-state index >= 15 is 0 Å². The van der Waals surface area contributed by atoms with E-state index in [2.05, 4.69) is 4.99 Å². The number of nitrogens with two attached hydrogens (primary N) is 2. The highest BCUT2D eigenvalue weighted by Gasteiger charge is 2.08. The Labute approximate surface area is 128 Å². The van der Waals surface area contributed by atoms with E-state index in [-0.39, 0.29) is 12.2 Å². The smallest absolute Gasteiger partial charge is 0.166 e. The minimum Gasteiger partial charge on any atom is -0.398 e. The molecule has 0 aliphatic carbocycles. The fourth-order valence-corrected chi connectivity index (χ4v) is 2.00. The lowest BCUT2D eigenvalue weighted by molar-refractivity contribution is 0.0986. The van der Waals surface area contributed by atoms with Crippen molar-refractivity contribution in [2.75, 3.05) is 12.3 Å². The molecule has 0 saturated carbocycles. The molecular formula is C16H16ClN3O. The molecule has 108 valence electrons. The van der Waals surface area contributed by atoms with E-state index < -0.39 is 0 Å². The number of Topliss-reactive ketones (excluding diaryl/α,β-unsaturated/α-hetero) is 1. The van der Waals surface area contributed by atoms with Gasteiger partial charge in [0.1, 0.15) is 5.84 Å². The Hall–Kier alpha value is -2.33. The zero-order valence-corrected chi connectivity index (χ0v) is 12.2. The Balaban J connectivity index is 1.97. The molecule has 0 spiro atoms. The lowest BCUT2D eigenvalue weighted by Crippen LogP contribution is -2.14. The van der Waals surface area contributed by atoms with E-state index in [0.29, 0.717) is 28.7 Å². The molecule has 0 saturated heterocycles. The van der Waals surface area contributed by atoms with Gasteiger partial charge >= 0.3 is 0 Å². The highest BCUT2D eigenvalue weighted by atomic mass is 35.5. The standard InChI is InChI=1S/C16H16ClN3O/c17-12-7-5-11(6-8-12)16(19)20-10-9-15(21)13-3-1-2-4-14(13)18/h1-8H,9-10,18H2,(H2,19,20). The van der Waals surface area contributed by atoms with Crippen LogP contribution in [0.2, 0.25) is 5.02 Å². The van der Waals surface area contributed by atoms with Crippen molar-refractivity contribution in [3.8, 4) is 0 Å². The van der Waals surface area contributed by atoms with Crippen molar-refractivity contribution in [2.24, 2.45) is 10.7 Å². The molecule has 0 radical (unpaired) electrons. The number of nitrogen functional groups attached to an aromatic ring is 1. The third-order valence-electron chi connectivity index (χ3n) is 3.02. The summed E-state index contributed by atoms with van der Waals surface area (Å²) in [5.41, 5.74) is 13.4. The lowest BCUT2D eigenvalue weighted by Gasteiger charge is -2.04. The maximum Gasteiger partial charge on any atom is 0.166 e. The Kier molecular flexibility index (Phi) is 4.95. The van der Waals surface area contributed by atoms with Gasteiger partial charge in [0.2, 0.25) is 0 Å². The number of halogens is 1. The molecule has 21 heavy (non-hydrogen) atoms. The van der Waals surface area contributed by atoms with Gasteiger partial charge in [-0.1, -0.05) is 23.7 Å². The Morgan fingerprint density at radius 2 is 1.76 bits per heavy atom. The number of aliphatic imine (C=N–C) groups is 1. The van der Waals surface area contributed by atoms with Gasteiger partial charge in [0.05, 0.1) is 0 Å². The molecule has 5 heteroatoms. The molecule has 0 amide bonds. The van der Waals surface area contributed by atoms with Gasteiger partial charge in [0.15, 0.2) is 5.78 Å². The maximum atomic E-state index is 12.0. The zero-order chi connectivity index (χ0) is 15.2. The average Bonchev–Trinajstić information content (AvgIpc) is 2.48. The monoisotopic (exact) mass is 301 g/mol. The summed E-state index contributed by atoms with van der Waals surface area (Å²) in [7, 11) is 0. The topological polar surface area (TPSA) is 81.5 Å². The van der Waals surface area contributed by atoms with Crippen LogP contribution in [0.15, 0.2) is 53.5 Å². The Morgan fingerprint density at radius 3 is 2.43 bits per heavy atom. The number of ketones is 1. The number of hydrogen-bond acceptors (Lipinski definition) is 3. The zero-order valence-electron chi connectivity index (χ0n) is 11.4. The minimum atomic E-state index is -0.0410. The second-order valence-electron chi connectivity index (χ2n) is 4.53. The first-order valence-corrected chi connectivity index (χ1v) is 6.89. The highest BCUT2D eigenvalue weighted by Crippen LogP contribution is 2.13. The van der Waals surface area contributed by atoms with Crippen molar-refractivity contribution < 1.29 is 4.79 Å². The first kappa shape index (κ1) is 15.1. The number of para-hydroxylation sites is 1. The number of benzene rings is 2.